The van der Waals surface area contributed by atoms with E-state index in [1.807, 2.05) is 17.8 Å². The Morgan fingerprint density at radius 3 is 2.73 bits per heavy atom. The number of hydrogen-bond donors (Lipinski definition) is 2. The molecule has 0 saturated carbocycles. The van der Waals surface area contributed by atoms with E-state index in [0.717, 1.165) is 18.7 Å². The van der Waals surface area contributed by atoms with Gasteiger partial charge in [0.05, 0.1) is 17.8 Å². The van der Waals surface area contributed by atoms with E-state index in [1.165, 1.54) is 12.2 Å². The lowest BCUT2D eigenvalue weighted by Gasteiger charge is -2.17. The number of imidazole rings is 1. The van der Waals surface area contributed by atoms with Crippen LogP contribution in [-0.4, -0.2) is 64.8 Å². The number of likely N-dealkylation sites (N-methyl/N-ethyl adjacent to an activating group) is 1. The van der Waals surface area contributed by atoms with E-state index in [-0.39, 0.29) is 24.6 Å². The second-order valence-electron chi connectivity index (χ2n) is 5.82. The van der Waals surface area contributed by atoms with Crippen molar-refractivity contribution in [3.05, 3.63) is 41.6 Å². The molecule has 1 amide bonds. The number of carbonyl (C=O) groups excluding carboxylic acids is 1. The molecule has 0 aliphatic heterocycles. The van der Waals surface area contributed by atoms with Crippen LogP contribution in [-0.2, 0) is 23.1 Å². The Kier molecular flexibility index (Phi) is 9.00. The van der Waals surface area contributed by atoms with Crippen molar-refractivity contribution in [2.45, 2.75) is 19.8 Å². The third-order valence-electron chi connectivity index (χ3n) is 3.91. The third kappa shape index (κ3) is 7.02. The van der Waals surface area contributed by atoms with Gasteiger partial charge in [-0.25, -0.2) is 9.78 Å². The molecule has 0 aliphatic rings. The fraction of sp³-hybridized carbons (Fsp3) is 0.444. The van der Waals surface area contributed by atoms with Gasteiger partial charge < -0.3 is 19.9 Å². The van der Waals surface area contributed by atoms with E-state index in [1.54, 1.807) is 25.1 Å². The SMILES string of the molecule is C=N/C(=C\C(=C/C)C(=O)O)CNCC(=O)N(C)CCCc1nccn1C. The molecule has 0 atom stereocenters. The number of aliphatic imine (C=N–C) groups is 1. The molecule has 1 rings (SSSR count). The second-order valence-corrected chi connectivity index (χ2v) is 5.82. The van der Waals surface area contributed by atoms with Gasteiger partial charge in [-0.2, -0.15) is 0 Å². The maximum absolute atomic E-state index is 12.1. The number of nitrogens with one attached hydrogen (secondary N) is 1. The summed E-state index contributed by atoms with van der Waals surface area (Å²) in [5.74, 6) is -0.0797. The predicted octanol–water partition coefficient (Wildman–Crippen LogP) is 1.02. The van der Waals surface area contributed by atoms with Crippen molar-refractivity contribution in [1.82, 2.24) is 19.8 Å². The molecule has 1 heterocycles. The van der Waals surface area contributed by atoms with Crippen LogP contribution in [0.25, 0.3) is 0 Å². The van der Waals surface area contributed by atoms with Crippen molar-refractivity contribution >= 4 is 18.6 Å². The van der Waals surface area contributed by atoms with Crippen LogP contribution in [0.1, 0.15) is 19.2 Å². The lowest BCUT2D eigenvalue weighted by Crippen LogP contribution is -2.36. The summed E-state index contributed by atoms with van der Waals surface area (Å²) in [4.78, 5) is 32.8. The minimum absolute atomic E-state index is 0.0438. The zero-order valence-electron chi connectivity index (χ0n) is 15.6. The van der Waals surface area contributed by atoms with Crippen LogP contribution in [0.2, 0.25) is 0 Å². The van der Waals surface area contributed by atoms with Crippen LogP contribution in [0.3, 0.4) is 0 Å². The van der Waals surface area contributed by atoms with Crippen LogP contribution in [0, 0.1) is 0 Å². The fourth-order valence-electron chi connectivity index (χ4n) is 2.27. The topological polar surface area (TPSA) is 99.8 Å². The molecule has 1 aromatic heterocycles. The highest BCUT2D eigenvalue weighted by molar-refractivity contribution is 5.89. The quantitative estimate of drug-likeness (QED) is 0.348. The zero-order chi connectivity index (χ0) is 19.5. The zero-order valence-corrected chi connectivity index (χ0v) is 15.6. The molecule has 0 radical (unpaired) electrons. The number of hydrogen-bond acceptors (Lipinski definition) is 5. The number of aromatic nitrogens is 2. The Balaban J connectivity index is 2.37. The molecule has 142 valence electrons. The predicted molar refractivity (Wildman–Crippen MR) is 101 cm³/mol. The van der Waals surface area contributed by atoms with Gasteiger partial charge in [0.1, 0.15) is 5.82 Å². The van der Waals surface area contributed by atoms with Crippen molar-refractivity contribution < 1.29 is 14.7 Å². The Hall–Kier alpha value is -2.74. The van der Waals surface area contributed by atoms with Gasteiger partial charge in [0.25, 0.3) is 0 Å². The highest BCUT2D eigenvalue weighted by atomic mass is 16.4. The summed E-state index contributed by atoms with van der Waals surface area (Å²) in [5.41, 5.74) is 0.595. The largest absolute Gasteiger partial charge is 0.478 e. The summed E-state index contributed by atoms with van der Waals surface area (Å²) in [6.07, 6.45) is 8.21. The van der Waals surface area contributed by atoms with Crippen molar-refractivity contribution in [3.63, 3.8) is 0 Å². The van der Waals surface area contributed by atoms with Crippen molar-refractivity contribution in [3.8, 4) is 0 Å². The molecule has 0 fully saturated rings. The molecule has 0 aromatic carbocycles. The van der Waals surface area contributed by atoms with Crippen molar-refractivity contribution in [1.29, 1.82) is 0 Å². The number of nitrogens with zero attached hydrogens (tertiary/aromatic N) is 4. The fourth-order valence-corrected chi connectivity index (χ4v) is 2.27. The average Bonchev–Trinajstić information content (AvgIpc) is 3.02. The maximum Gasteiger partial charge on any atom is 0.335 e. The monoisotopic (exact) mass is 361 g/mol. The minimum Gasteiger partial charge on any atom is -0.478 e. The van der Waals surface area contributed by atoms with Crippen LogP contribution in [0.5, 0.6) is 0 Å². The van der Waals surface area contributed by atoms with Gasteiger partial charge in [-0.1, -0.05) is 6.08 Å². The number of aryl methyl sites for hydroxylation is 2. The first-order valence-corrected chi connectivity index (χ1v) is 8.36. The summed E-state index contributed by atoms with van der Waals surface area (Å²) in [5, 5.41) is 12.0. The number of carboxylic acid groups (broad SMARTS) is 1. The van der Waals surface area contributed by atoms with E-state index in [0.29, 0.717) is 12.2 Å². The number of rotatable bonds is 11. The molecular formula is C18H27N5O3. The number of carbonyl (C=O) groups is 2. The van der Waals surface area contributed by atoms with Gasteiger partial charge in [-0.15, -0.1) is 0 Å². The molecule has 0 aliphatic carbocycles. The number of amides is 1. The van der Waals surface area contributed by atoms with Crippen LogP contribution >= 0.6 is 0 Å². The van der Waals surface area contributed by atoms with Crippen molar-refractivity contribution in [2.24, 2.45) is 12.0 Å². The van der Waals surface area contributed by atoms with Crippen molar-refractivity contribution in [2.75, 3.05) is 26.7 Å². The Morgan fingerprint density at radius 2 is 2.19 bits per heavy atom. The van der Waals surface area contributed by atoms with E-state index < -0.39 is 5.97 Å². The van der Waals surface area contributed by atoms with Crippen LogP contribution < -0.4 is 5.32 Å². The number of allylic oxidation sites excluding steroid dienone is 1. The van der Waals surface area contributed by atoms with E-state index in [4.69, 9.17) is 5.11 Å². The van der Waals surface area contributed by atoms with Gasteiger partial charge in [0, 0.05) is 46.0 Å². The summed E-state index contributed by atoms with van der Waals surface area (Å²) < 4.78 is 1.97. The Bertz CT molecular complexity index is 691. The Labute approximate surface area is 153 Å². The summed E-state index contributed by atoms with van der Waals surface area (Å²) in [7, 11) is 3.71. The van der Waals surface area contributed by atoms with E-state index in [2.05, 4.69) is 22.0 Å². The molecular weight excluding hydrogens is 334 g/mol. The highest BCUT2D eigenvalue weighted by Crippen LogP contribution is 2.04. The minimum atomic E-state index is -1.03. The van der Waals surface area contributed by atoms with Gasteiger partial charge in [-0.3, -0.25) is 9.79 Å². The molecule has 8 nitrogen and oxygen atoms in total. The van der Waals surface area contributed by atoms with Crippen LogP contribution in [0.15, 0.2) is 40.8 Å². The molecule has 0 spiro atoms. The highest BCUT2D eigenvalue weighted by Gasteiger charge is 2.10. The molecule has 26 heavy (non-hydrogen) atoms. The first-order valence-electron chi connectivity index (χ1n) is 8.36. The number of carboxylic acids is 1. The molecule has 0 bridgehead atoms. The molecule has 2 N–H and O–H groups in total. The molecule has 1 aromatic rings. The third-order valence-corrected chi connectivity index (χ3v) is 3.91. The summed E-state index contributed by atoms with van der Waals surface area (Å²) in [6, 6.07) is 0. The standard InChI is InChI=1S/C18H27N5O3/c1-5-14(18(25)26)11-15(19-2)12-20-13-17(24)23(4)9-6-7-16-21-8-10-22(16)3/h5,8,10-11,20H,2,6-7,9,12-13H2,1,3-4H3,(H,25,26)/b14-5+,15-11-. The smallest absolute Gasteiger partial charge is 0.335 e. The second kappa shape index (κ2) is 11.0. The Morgan fingerprint density at radius 1 is 1.46 bits per heavy atom. The van der Waals surface area contributed by atoms with Gasteiger partial charge in [-0.05, 0) is 26.1 Å². The van der Waals surface area contributed by atoms with E-state index in [9.17, 15) is 9.59 Å². The summed E-state index contributed by atoms with van der Waals surface area (Å²) in [6.45, 7) is 6.11. The van der Waals surface area contributed by atoms with Crippen LogP contribution in [0.4, 0.5) is 0 Å². The van der Waals surface area contributed by atoms with E-state index >= 15 is 0 Å². The van der Waals surface area contributed by atoms with Gasteiger partial charge in [0.2, 0.25) is 5.91 Å². The molecule has 0 unspecified atom stereocenters. The lowest BCUT2D eigenvalue weighted by molar-refractivity contribution is -0.132. The maximum atomic E-state index is 12.1. The van der Waals surface area contributed by atoms with Gasteiger partial charge in [0.15, 0.2) is 0 Å². The normalized spacial score (nSPS) is 12.1. The number of aliphatic carboxylic acids is 1. The lowest BCUT2D eigenvalue weighted by atomic mass is 10.2. The summed E-state index contributed by atoms with van der Waals surface area (Å²) >= 11 is 0. The molecule has 0 saturated heterocycles. The molecule has 8 heteroatoms. The first-order chi connectivity index (χ1) is 12.4. The average molecular weight is 361 g/mol. The first kappa shape index (κ1) is 21.3. The van der Waals surface area contributed by atoms with Gasteiger partial charge >= 0.3 is 5.97 Å².